The molecule has 0 atom stereocenters. The molecule has 0 saturated heterocycles. The molecule has 0 unspecified atom stereocenters. The Morgan fingerprint density at radius 2 is 1.82 bits per heavy atom. The Labute approximate surface area is 241 Å². The number of para-hydroxylation sites is 1. The zero-order valence-corrected chi connectivity index (χ0v) is 24.8. The number of carbonyl (C=O) groups is 1. The topological polar surface area (TPSA) is 69.3 Å². The van der Waals surface area contributed by atoms with Gasteiger partial charge in [0.25, 0.3) is 0 Å². The number of rotatable bonds is 16. The number of carbonyl (C=O) groups excluding carboxylic acids is 1. The number of benzene rings is 2. The van der Waals surface area contributed by atoms with Gasteiger partial charge in [0, 0.05) is 48.8 Å². The highest BCUT2D eigenvalue weighted by atomic mass is 79.9. The number of amides is 1. The molecule has 3 rings (SSSR count). The maximum atomic E-state index is 11.4. The first-order valence-corrected chi connectivity index (χ1v) is 14.0. The fourth-order valence-electron chi connectivity index (χ4n) is 3.65. The second-order valence-corrected chi connectivity index (χ2v) is 9.53. The van der Waals surface area contributed by atoms with Crippen LogP contribution in [0.3, 0.4) is 0 Å². The number of halogens is 1. The average molecular weight is 602 g/mol. The molecule has 8 heteroatoms. The van der Waals surface area contributed by atoms with Crippen molar-refractivity contribution in [1.82, 2.24) is 10.2 Å². The molecule has 0 aliphatic heterocycles. The molecule has 0 aromatic heterocycles. The molecule has 1 aliphatic carbocycles. The van der Waals surface area contributed by atoms with E-state index in [2.05, 4.69) is 28.2 Å². The number of methoxy groups -OCH3 is 2. The zero-order valence-electron chi connectivity index (χ0n) is 23.2. The summed E-state index contributed by atoms with van der Waals surface area (Å²) in [5, 5.41) is 3.23. The van der Waals surface area contributed by atoms with E-state index in [1.807, 2.05) is 72.8 Å². The minimum atomic E-state index is 0.521. The van der Waals surface area contributed by atoms with E-state index in [0.29, 0.717) is 39.4 Å². The van der Waals surface area contributed by atoms with Crippen molar-refractivity contribution in [2.75, 3.05) is 47.1 Å². The highest BCUT2D eigenvalue weighted by Gasteiger charge is 2.09. The van der Waals surface area contributed by atoms with Gasteiger partial charge >= 0.3 is 0 Å². The van der Waals surface area contributed by atoms with Gasteiger partial charge in [0.2, 0.25) is 6.41 Å². The SMILES string of the molecule is CCNCCN(C=O)C1=CC=C(OCCCOCc2ccccc2OC)C=CC1.COCc1ccc(Br)cc1. The molecule has 0 fully saturated rings. The van der Waals surface area contributed by atoms with Crippen LogP contribution in [0.5, 0.6) is 5.75 Å². The van der Waals surface area contributed by atoms with E-state index in [1.165, 1.54) is 5.56 Å². The van der Waals surface area contributed by atoms with Crippen molar-refractivity contribution in [3.8, 4) is 5.75 Å². The summed E-state index contributed by atoms with van der Waals surface area (Å²) in [7, 11) is 3.36. The predicted molar refractivity (Wildman–Crippen MR) is 159 cm³/mol. The molecule has 0 saturated carbocycles. The van der Waals surface area contributed by atoms with Crippen molar-refractivity contribution in [3.05, 3.63) is 99.9 Å². The number of allylic oxidation sites excluding steroid dienone is 4. The summed E-state index contributed by atoms with van der Waals surface area (Å²) in [5.74, 6) is 1.64. The lowest BCUT2D eigenvalue weighted by atomic mass is 10.2. The standard InChI is InChI=1S/C23H32N2O4.C8H9BrO/c1-3-24-14-15-25(19-26)21-9-6-10-22(13-12-21)29-17-7-16-28-18-20-8-4-5-11-23(20)27-2;1-10-6-7-2-4-8(9)5-3-7/h4-6,8,10-13,19,24H,3,7,9,14-18H2,1-2H3;2-5H,6H2,1H3. The van der Waals surface area contributed by atoms with Crippen molar-refractivity contribution >= 4 is 22.3 Å². The fraction of sp³-hybridized carbons (Fsp3) is 0.387. The molecule has 0 bridgehead atoms. The second-order valence-electron chi connectivity index (χ2n) is 8.61. The summed E-state index contributed by atoms with van der Waals surface area (Å²) in [6.45, 7) is 6.77. The van der Waals surface area contributed by atoms with E-state index in [1.54, 1.807) is 19.1 Å². The Morgan fingerprint density at radius 3 is 2.54 bits per heavy atom. The maximum absolute atomic E-state index is 11.4. The molecule has 7 nitrogen and oxygen atoms in total. The van der Waals surface area contributed by atoms with Crippen molar-refractivity contribution < 1.29 is 23.7 Å². The molecule has 1 amide bonds. The van der Waals surface area contributed by atoms with Crippen molar-refractivity contribution in [3.63, 3.8) is 0 Å². The van der Waals surface area contributed by atoms with E-state index in [9.17, 15) is 4.79 Å². The molecule has 2 aromatic rings. The van der Waals surface area contributed by atoms with Crippen LogP contribution in [-0.4, -0.2) is 58.4 Å². The number of ether oxygens (including phenoxy) is 4. The Bertz CT molecular complexity index is 1050. The fourth-order valence-corrected chi connectivity index (χ4v) is 3.91. The van der Waals surface area contributed by atoms with E-state index < -0.39 is 0 Å². The van der Waals surface area contributed by atoms with Gasteiger partial charge in [-0.25, -0.2) is 0 Å². The highest BCUT2D eigenvalue weighted by Crippen LogP contribution is 2.18. The lowest BCUT2D eigenvalue weighted by Gasteiger charge is -2.19. The van der Waals surface area contributed by atoms with Crippen LogP contribution in [-0.2, 0) is 32.2 Å². The highest BCUT2D eigenvalue weighted by molar-refractivity contribution is 9.10. The molecule has 0 spiro atoms. The smallest absolute Gasteiger partial charge is 0.213 e. The van der Waals surface area contributed by atoms with Crippen LogP contribution in [0, 0.1) is 0 Å². The van der Waals surface area contributed by atoms with Crippen molar-refractivity contribution in [2.24, 2.45) is 0 Å². The van der Waals surface area contributed by atoms with Crippen LogP contribution in [0.15, 0.2) is 88.8 Å². The molecule has 1 aliphatic rings. The minimum absolute atomic E-state index is 0.521. The zero-order chi connectivity index (χ0) is 28.1. The van der Waals surface area contributed by atoms with Gasteiger partial charge in [-0.2, -0.15) is 0 Å². The lowest BCUT2D eigenvalue weighted by molar-refractivity contribution is -0.116. The van der Waals surface area contributed by atoms with Crippen molar-refractivity contribution in [1.29, 1.82) is 0 Å². The van der Waals surface area contributed by atoms with Gasteiger partial charge < -0.3 is 29.2 Å². The molecule has 0 heterocycles. The second kappa shape index (κ2) is 20.1. The van der Waals surface area contributed by atoms with Gasteiger partial charge in [0.1, 0.15) is 11.5 Å². The first-order chi connectivity index (χ1) is 19.1. The summed E-state index contributed by atoms with van der Waals surface area (Å²) < 4.78 is 22.9. The monoisotopic (exact) mass is 600 g/mol. The van der Waals surface area contributed by atoms with Crippen LogP contribution in [0.1, 0.15) is 30.9 Å². The summed E-state index contributed by atoms with van der Waals surface area (Å²) in [5.41, 5.74) is 3.20. The summed E-state index contributed by atoms with van der Waals surface area (Å²) in [6.07, 6.45) is 10.2. The largest absolute Gasteiger partial charge is 0.496 e. The van der Waals surface area contributed by atoms with Crippen LogP contribution in [0.4, 0.5) is 0 Å². The van der Waals surface area contributed by atoms with Crippen LogP contribution < -0.4 is 10.1 Å². The number of likely N-dealkylation sites (N-methyl/N-ethyl adjacent to an activating group) is 1. The minimum Gasteiger partial charge on any atom is -0.496 e. The van der Waals surface area contributed by atoms with Gasteiger partial charge in [-0.15, -0.1) is 0 Å². The quantitative estimate of drug-likeness (QED) is 0.188. The predicted octanol–water partition coefficient (Wildman–Crippen LogP) is 6.01. The molecule has 2 aromatic carbocycles. The molecule has 1 N–H and O–H groups in total. The van der Waals surface area contributed by atoms with Crippen LogP contribution >= 0.6 is 15.9 Å². The summed E-state index contributed by atoms with van der Waals surface area (Å²) >= 11 is 3.36. The number of hydrogen-bond donors (Lipinski definition) is 1. The Morgan fingerprint density at radius 1 is 1.03 bits per heavy atom. The number of nitrogens with one attached hydrogen (secondary N) is 1. The van der Waals surface area contributed by atoms with E-state index in [-0.39, 0.29) is 0 Å². The third-order valence-corrected chi connectivity index (χ3v) is 6.23. The van der Waals surface area contributed by atoms with Crippen LogP contribution in [0.25, 0.3) is 0 Å². The Hall–Kier alpha value is -2.91. The number of hydrogen-bond acceptors (Lipinski definition) is 6. The van der Waals surface area contributed by atoms with Gasteiger partial charge in [0.15, 0.2) is 0 Å². The molecule has 0 radical (unpaired) electrons. The Kier molecular flexibility index (Phi) is 16.6. The molecule has 212 valence electrons. The molecular formula is C31H41BrN2O5. The summed E-state index contributed by atoms with van der Waals surface area (Å²) in [4.78, 5) is 13.1. The lowest BCUT2D eigenvalue weighted by Crippen LogP contribution is -2.30. The third kappa shape index (κ3) is 13.1. The first kappa shape index (κ1) is 32.3. The number of nitrogens with zero attached hydrogens (tertiary/aromatic N) is 1. The first-order valence-electron chi connectivity index (χ1n) is 13.2. The van der Waals surface area contributed by atoms with Gasteiger partial charge in [-0.05, 0) is 48.5 Å². The van der Waals surface area contributed by atoms with Gasteiger partial charge in [-0.1, -0.05) is 59.3 Å². The van der Waals surface area contributed by atoms with Gasteiger partial charge in [-0.3, -0.25) is 4.79 Å². The summed E-state index contributed by atoms with van der Waals surface area (Å²) in [6, 6.07) is 15.9. The van der Waals surface area contributed by atoms with E-state index in [0.717, 1.165) is 53.2 Å². The van der Waals surface area contributed by atoms with E-state index in [4.69, 9.17) is 18.9 Å². The third-order valence-electron chi connectivity index (χ3n) is 5.70. The Balaban J connectivity index is 0.000000446. The van der Waals surface area contributed by atoms with Gasteiger partial charge in [0.05, 0.1) is 33.5 Å². The van der Waals surface area contributed by atoms with Crippen LogP contribution in [0.2, 0.25) is 0 Å². The average Bonchev–Trinajstić information content (AvgIpc) is 3.20. The maximum Gasteiger partial charge on any atom is 0.213 e. The molecule has 39 heavy (non-hydrogen) atoms. The normalized spacial score (nSPS) is 12.4. The van der Waals surface area contributed by atoms with E-state index >= 15 is 0 Å². The van der Waals surface area contributed by atoms with Crippen molar-refractivity contribution in [2.45, 2.75) is 33.0 Å². The molecular weight excluding hydrogens is 560 g/mol.